The minimum Gasteiger partial charge on any atom is -0.790 e. The number of unbranched alkanes of at least 4 members (excludes halogenated alkanes) is 9. The van der Waals surface area contributed by atoms with E-state index in [1.54, 1.807) is 6.92 Å². The fourth-order valence-corrected chi connectivity index (χ4v) is 3.05. The molecule has 0 amide bonds. The molecule has 0 N–H and O–H groups in total. The van der Waals surface area contributed by atoms with Crippen LogP contribution in [0.1, 0.15) is 84.5 Å². The molecule has 0 aliphatic rings. The van der Waals surface area contributed by atoms with E-state index in [4.69, 9.17) is 9.47 Å². The maximum absolute atomic E-state index is 12.1. The zero-order chi connectivity index (χ0) is 28.3. The quantitative estimate of drug-likeness (QED) is 0.0350. The molecular formula is C29H31Na2O8P. The molecule has 0 saturated heterocycles. The van der Waals surface area contributed by atoms with Crippen molar-refractivity contribution in [3.63, 3.8) is 0 Å². The summed E-state index contributed by atoms with van der Waals surface area (Å²) in [7, 11) is -5.38. The van der Waals surface area contributed by atoms with Crippen LogP contribution in [-0.4, -0.2) is 24.8 Å². The summed E-state index contributed by atoms with van der Waals surface area (Å²) in [6.45, 7) is 2.84. The number of carbonyl (C=O) groups excluding carboxylic acids is 2. The Bertz CT molecular complexity index is 1170. The van der Waals surface area contributed by atoms with E-state index in [1.807, 2.05) is 5.92 Å². The Kier molecular flexibility index (Phi) is 32.6. The topological polar surface area (TPSA) is 125 Å². The van der Waals surface area contributed by atoms with Crippen molar-refractivity contribution in [1.82, 2.24) is 0 Å². The molecule has 0 rings (SSSR count). The van der Waals surface area contributed by atoms with E-state index >= 15 is 0 Å². The van der Waals surface area contributed by atoms with Gasteiger partial charge in [-0.2, -0.15) is 0 Å². The molecule has 0 saturated carbocycles. The van der Waals surface area contributed by atoms with Crippen molar-refractivity contribution in [3.05, 3.63) is 0 Å². The van der Waals surface area contributed by atoms with Gasteiger partial charge in [-0.1, -0.05) is 70.6 Å². The molecule has 0 fully saturated rings. The van der Waals surface area contributed by atoms with Gasteiger partial charge in [-0.05, 0) is 72.5 Å². The summed E-state index contributed by atoms with van der Waals surface area (Å²) in [5.74, 6) is 26.5. The van der Waals surface area contributed by atoms with Crippen molar-refractivity contribution in [3.8, 4) is 71.0 Å². The first-order valence-electron chi connectivity index (χ1n) is 12.3. The third-order valence-corrected chi connectivity index (χ3v) is 4.92. The molecule has 0 heterocycles. The summed E-state index contributed by atoms with van der Waals surface area (Å²) in [5.41, 5.74) is 0. The van der Waals surface area contributed by atoms with Gasteiger partial charge in [0.1, 0.15) is 6.61 Å². The number of ether oxygens (including phenoxy) is 2. The van der Waals surface area contributed by atoms with E-state index in [0.717, 1.165) is 25.7 Å². The smallest absolute Gasteiger partial charge is 0.790 e. The van der Waals surface area contributed by atoms with Crippen LogP contribution in [-0.2, 0) is 28.2 Å². The standard InChI is InChI=1S/C29H33O8P.2Na/c1-3-5-7-9-11-13-15-17-19-21-23-25-28(31)37-29(26-35-38(32,33)34)36-27(30)24-22-20-18-16-14-12-10-8-6-4-2;;/h29H,4,6,8,10,12,14,16,18,20,22,24,26H2,1-2H3,(H2,32,33,34);;/q;2*+1/p-2/t29-;;/m0../s1. The zero-order valence-electron chi connectivity index (χ0n) is 23.8. The van der Waals surface area contributed by atoms with Gasteiger partial charge >= 0.3 is 71.1 Å². The number of phosphoric ester groups is 1. The molecule has 1 atom stereocenters. The van der Waals surface area contributed by atoms with Gasteiger partial charge in [0.2, 0.25) is 0 Å². The van der Waals surface area contributed by atoms with Crippen molar-refractivity contribution < 1.29 is 97.1 Å². The Hall–Kier alpha value is -1.59. The molecule has 0 radical (unpaired) electrons. The monoisotopic (exact) mass is 584 g/mol. The second-order valence-electron chi connectivity index (χ2n) is 7.62. The number of rotatable bonds is 16. The van der Waals surface area contributed by atoms with Crippen LogP contribution in [0.3, 0.4) is 0 Å². The third-order valence-electron chi connectivity index (χ3n) is 4.46. The zero-order valence-corrected chi connectivity index (χ0v) is 28.7. The fraction of sp³-hybridized carbons (Fsp3) is 0.517. The molecule has 0 aromatic rings. The molecule has 0 aliphatic carbocycles. The average Bonchev–Trinajstić information content (AvgIpc) is 2.86. The second-order valence-corrected chi connectivity index (χ2v) is 8.78. The van der Waals surface area contributed by atoms with Crippen LogP contribution in [0.15, 0.2) is 0 Å². The van der Waals surface area contributed by atoms with Crippen LogP contribution < -0.4 is 68.9 Å². The van der Waals surface area contributed by atoms with Gasteiger partial charge in [0.05, 0.1) is 7.82 Å². The summed E-state index contributed by atoms with van der Waals surface area (Å²) in [6.07, 6.45) is 9.08. The van der Waals surface area contributed by atoms with Crippen molar-refractivity contribution in [1.29, 1.82) is 0 Å². The maximum atomic E-state index is 12.1. The van der Waals surface area contributed by atoms with Gasteiger partial charge in [-0.25, -0.2) is 4.79 Å². The van der Waals surface area contributed by atoms with Crippen LogP contribution in [0.5, 0.6) is 0 Å². The van der Waals surface area contributed by atoms with Crippen LogP contribution in [0.25, 0.3) is 0 Å². The second kappa shape index (κ2) is 30.4. The van der Waals surface area contributed by atoms with Crippen LogP contribution >= 0.6 is 7.82 Å². The van der Waals surface area contributed by atoms with Crippen LogP contribution in [0.2, 0.25) is 0 Å². The van der Waals surface area contributed by atoms with Crippen molar-refractivity contribution in [2.24, 2.45) is 0 Å². The van der Waals surface area contributed by atoms with Crippen molar-refractivity contribution >= 4 is 19.8 Å². The van der Waals surface area contributed by atoms with E-state index in [0.29, 0.717) is 6.42 Å². The minimum absolute atomic E-state index is 0. The maximum Gasteiger partial charge on any atom is 1.00 e. The first-order valence-corrected chi connectivity index (χ1v) is 13.7. The SMILES string of the molecule is CC#CC#CC#CC#CC#CC#CC(=O)O[C@@H](COP(=O)([O-])[O-])OC(=O)CCCCCCCCCCCC.[Na+].[Na+]. The molecule has 0 unspecified atom stereocenters. The third kappa shape index (κ3) is 32.6. The average molecular weight is 585 g/mol. The molecule has 0 aliphatic heterocycles. The van der Waals surface area contributed by atoms with Gasteiger partial charge in [0.15, 0.2) is 0 Å². The summed E-state index contributed by atoms with van der Waals surface area (Å²) >= 11 is 0. The van der Waals surface area contributed by atoms with E-state index in [2.05, 4.69) is 76.6 Å². The van der Waals surface area contributed by atoms with E-state index in [1.165, 1.54) is 32.1 Å². The molecule has 8 nitrogen and oxygen atoms in total. The first kappa shape index (κ1) is 42.9. The summed E-state index contributed by atoms with van der Waals surface area (Å²) < 4.78 is 24.5. The summed E-state index contributed by atoms with van der Waals surface area (Å²) in [5, 5.41) is 0. The molecule has 0 spiro atoms. The predicted molar refractivity (Wildman–Crippen MR) is 138 cm³/mol. The van der Waals surface area contributed by atoms with Crippen molar-refractivity contribution in [2.45, 2.75) is 90.8 Å². The van der Waals surface area contributed by atoms with Gasteiger partial charge < -0.3 is 28.3 Å². The van der Waals surface area contributed by atoms with Gasteiger partial charge in [-0.3, -0.25) is 4.79 Å². The number of esters is 2. The number of carbonyl (C=O) groups is 2. The molecule has 0 aromatic heterocycles. The Morgan fingerprint density at radius 1 is 0.700 bits per heavy atom. The summed E-state index contributed by atoms with van der Waals surface area (Å²) in [4.78, 5) is 45.4. The minimum atomic E-state index is -5.38. The number of hydrogen-bond donors (Lipinski definition) is 0. The molecular weight excluding hydrogens is 553 g/mol. The molecule has 0 bridgehead atoms. The Morgan fingerprint density at radius 2 is 1.15 bits per heavy atom. The molecule has 40 heavy (non-hydrogen) atoms. The number of hydrogen-bond acceptors (Lipinski definition) is 8. The molecule has 202 valence electrons. The van der Waals surface area contributed by atoms with E-state index in [-0.39, 0.29) is 65.5 Å². The normalized spacial score (nSPS) is 9.40. The first-order chi connectivity index (χ1) is 18.3. The van der Waals surface area contributed by atoms with E-state index < -0.39 is 32.7 Å². The summed E-state index contributed by atoms with van der Waals surface area (Å²) in [6, 6.07) is 0. The Morgan fingerprint density at radius 3 is 1.62 bits per heavy atom. The molecule has 11 heteroatoms. The Balaban J connectivity index is -0.00000684. The Labute approximate surface area is 283 Å². The van der Waals surface area contributed by atoms with Gasteiger partial charge in [0, 0.05) is 12.3 Å². The number of phosphoric acid groups is 1. The van der Waals surface area contributed by atoms with Crippen LogP contribution in [0, 0.1) is 71.0 Å². The fourth-order valence-electron chi connectivity index (χ4n) is 2.75. The van der Waals surface area contributed by atoms with Gasteiger partial charge in [-0.15, -0.1) is 0 Å². The predicted octanol–water partition coefficient (Wildman–Crippen LogP) is -3.40. The van der Waals surface area contributed by atoms with Gasteiger partial charge in [0.25, 0.3) is 6.29 Å². The van der Waals surface area contributed by atoms with Crippen LogP contribution in [0.4, 0.5) is 0 Å². The van der Waals surface area contributed by atoms with E-state index in [9.17, 15) is 23.9 Å². The largest absolute Gasteiger partial charge is 1.00 e. The van der Waals surface area contributed by atoms with Crippen molar-refractivity contribution in [2.75, 3.05) is 6.61 Å². The molecule has 0 aromatic carbocycles.